The molecule has 3 aromatic carbocycles. The number of nitrogens with zero attached hydrogens (tertiary/aromatic N) is 5. The molecule has 1 aromatic heterocycles. The Bertz CT molecular complexity index is 2430. The van der Waals surface area contributed by atoms with Crippen molar-refractivity contribution in [3.63, 3.8) is 0 Å². The van der Waals surface area contributed by atoms with Crippen molar-refractivity contribution < 1.29 is 52.0 Å². The summed E-state index contributed by atoms with van der Waals surface area (Å²) >= 11 is 7.57. The Labute approximate surface area is 409 Å². The number of fused-ring (bicyclic) bond motifs is 2. The van der Waals surface area contributed by atoms with Gasteiger partial charge in [0.15, 0.2) is 0 Å². The lowest BCUT2D eigenvalue weighted by atomic mass is 10.0. The van der Waals surface area contributed by atoms with Gasteiger partial charge in [0.2, 0.25) is 17.7 Å². The summed E-state index contributed by atoms with van der Waals surface area (Å²) in [6, 6.07) is 12.7. The van der Waals surface area contributed by atoms with E-state index in [2.05, 4.69) is 35.7 Å². The van der Waals surface area contributed by atoms with Crippen molar-refractivity contribution in [3.8, 4) is 5.75 Å². The summed E-state index contributed by atoms with van der Waals surface area (Å²) in [6.45, 7) is 10.3. The van der Waals surface area contributed by atoms with Crippen LogP contribution >= 0.6 is 23.4 Å². The summed E-state index contributed by atoms with van der Waals surface area (Å²) in [6.07, 6.45) is 5.34. The molecule has 7 rings (SSSR count). The average molecular weight is 994 g/mol. The number of carbonyl (C=O) groups is 4. The first-order valence-corrected chi connectivity index (χ1v) is 24.3. The summed E-state index contributed by atoms with van der Waals surface area (Å²) in [5.41, 5.74) is 3.10. The van der Waals surface area contributed by atoms with Crippen molar-refractivity contribution in [2.75, 3.05) is 129 Å². The number of ether oxygens (including phenoxy) is 6. The smallest absolute Gasteiger partial charge is 0.255 e. The predicted molar refractivity (Wildman–Crippen MR) is 259 cm³/mol. The quantitative estimate of drug-likeness (QED) is 0.0315. The van der Waals surface area contributed by atoms with E-state index >= 15 is 0 Å². The standard InChI is InChI=1S/C48H58ClFN8O10S/c1-63-42-30-39-35(46(52-32-51-39)53-33-7-8-38(50)37(49)28-33)29-40(42)54-44(59)6-3-11-56-12-14-57(15-13-56)16-17-64-18-19-65-20-21-66-22-23-67-24-25-68-26-27-69-43-5-2-4-34-36(43)31-58(48(34)62)41-9-10-45(60)55-47(41)61/h2-8,28-30,32,41H,9-27,31H2,1H3,(H,54,59)(H,51,52,53)(H,55,60,61)/b6-3+. The van der Waals surface area contributed by atoms with Crippen LogP contribution in [0.1, 0.15) is 28.8 Å². The fourth-order valence-electron chi connectivity index (χ4n) is 7.92. The number of piperazine rings is 1. The molecule has 0 radical (unpaired) electrons. The molecule has 21 heteroatoms. The molecule has 0 bridgehead atoms. The van der Waals surface area contributed by atoms with E-state index in [0.717, 1.165) is 43.2 Å². The van der Waals surface area contributed by atoms with Crippen molar-refractivity contribution >= 4 is 75.1 Å². The van der Waals surface area contributed by atoms with Crippen LogP contribution in [-0.2, 0) is 44.6 Å². The van der Waals surface area contributed by atoms with Crippen LogP contribution in [0, 0.1) is 5.82 Å². The molecule has 4 heterocycles. The van der Waals surface area contributed by atoms with E-state index in [9.17, 15) is 23.6 Å². The zero-order valence-electron chi connectivity index (χ0n) is 38.6. The highest BCUT2D eigenvalue weighted by Gasteiger charge is 2.39. The highest BCUT2D eigenvalue weighted by atomic mass is 35.5. The SMILES string of the molecule is COc1cc2ncnc(Nc3ccc(F)c(Cl)c3)c2cc1NC(=O)/C=C/CN1CCN(CCOCCOCCOCCOCCOCCSc2cccc3c2CN(C2CCC(=O)NC2=O)C3=O)CC1. The lowest BCUT2D eigenvalue weighted by Gasteiger charge is -2.33. The number of imide groups is 1. The summed E-state index contributed by atoms with van der Waals surface area (Å²) in [5.74, 6) is -0.117. The molecule has 69 heavy (non-hydrogen) atoms. The lowest BCUT2D eigenvalue weighted by molar-refractivity contribution is -0.137. The molecule has 370 valence electrons. The predicted octanol–water partition coefficient (Wildman–Crippen LogP) is 4.92. The molecule has 3 aliphatic rings. The first-order valence-electron chi connectivity index (χ1n) is 22.9. The third kappa shape index (κ3) is 15.1. The van der Waals surface area contributed by atoms with Crippen molar-refractivity contribution in [2.24, 2.45) is 0 Å². The minimum Gasteiger partial charge on any atom is -0.494 e. The van der Waals surface area contributed by atoms with E-state index in [1.54, 1.807) is 40.9 Å². The minimum absolute atomic E-state index is 0.0192. The molecule has 2 saturated heterocycles. The number of aromatic nitrogens is 2. The Hall–Kier alpha value is -5.29. The van der Waals surface area contributed by atoms with Crippen LogP contribution in [0.4, 0.5) is 21.6 Å². The van der Waals surface area contributed by atoms with Crippen LogP contribution in [0.5, 0.6) is 5.75 Å². The average Bonchev–Trinajstić information content (AvgIpc) is 3.68. The zero-order chi connectivity index (χ0) is 48.4. The monoisotopic (exact) mass is 992 g/mol. The number of carbonyl (C=O) groups excluding carboxylic acids is 4. The minimum atomic E-state index is -0.630. The molecule has 0 saturated carbocycles. The molecule has 3 aliphatic heterocycles. The van der Waals surface area contributed by atoms with Gasteiger partial charge >= 0.3 is 0 Å². The van der Waals surface area contributed by atoms with Gasteiger partial charge in [-0.15, -0.1) is 11.8 Å². The molecular formula is C48H58ClFN8O10S. The van der Waals surface area contributed by atoms with E-state index < -0.39 is 17.8 Å². The molecular weight excluding hydrogens is 935 g/mol. The van der Waals surface area contributed by atoms with Gasteiger partial charge in [0.05, 0.1) is 89.4 Å². The number of rotatable bonds is 27. The largest absolute Gasteiger partial charge is 0.494 e. The van der Waals surface area contributed by atoms with Gasteiger partial charge in [-0.05, 0) is 48.4 Å². The molecule has 0 spiro atoms. The number of hydrogen-bond donors (Lipinski definition) is 3. The summed E-state index contributed by atoms with van der Waals surface area (Å²) in [4.78, 5) is 65.8. The second kappa shape index (κ2) is 26.6. The van der Waals surface area contributed by atoms with Crippen molar-refractivity contribution in [2.45, 2.75) is 30.3 Å². The Balaban J connectivity index is 0.658. The third-order valence-corrected chi connectivity index (χ3v) is 12.9. The van der Waals surface area contributed by atoms with Crippen molar-refractivity contribution in [3.05, 3.63) is 89.0 Å². The van der Waals surface area contributed by atoms with Crippen molar-refractivity contribution in [1.82, 2.24) is 30.0 Å². The summed E-state index contributed by atoms with van der Waals surface area (Å²) in [5, 5.41) is 8.99. The third-order valence-electron chi connectivity index (χ3n) is 11.6. The molecule has 1 atom stereocenters. The highest BCUT2D eigenvalue weighted by molar-refractivity contribution is 7.99. The Morgan fingerprint density at radius 1 is 0.884 bits per heavy atom. The fourth-order valence-corrected chi connectivity index (χ4v) is 9.04. The molecule has 3 N–H and O–H groups in total. The van der Waals surface area contributed by atoms with Gasteiger partial charge in [0.25, 0.3) is 5.91 Å². The van der Waals surface area contributed by atoms with E-state index in [1.165, 1.54) is 31.6 Å². The van der Waals surface area contributed by atoms with Crippen LogP contribution in [0.3, 0.4) is 0 Å². The van der Waals surface area contributed by atoms with Crippen LogP contribution in [0.25, 0.3) is 10.9 Å². The Morgan fingerprint density at radius 2 is 1.58 bits per heavy atom. The first-order chi connectivity index (χ1) is 33.7. The number of piperidine rings is 1. The molecule has 2 fully saturated rings. The molecule has 0 aliphatic carbocycles. The number of halogens is 2. The van der Waals surface area contributed by atoms with Gasteiger partial charge in [-0.25, -0.2) is 14.4 Å². The van der Waals surface area contributed by atoms with Crippen LogP contribution in [0.15, 0.2) is 71.9 Å². The Kier molecular flexibility index (Phi) is 19.9. The maximum Gasteiger partial charge on any atom is 0.255 e. The zero-order valence-corrected chi connectivity index (χ0v) is 40.1. The van der Waals surface area contributed by atoms with Crippen LogP contribution < -0.4 is 20.7 Å². The highest BCUT2D eigenvalue weighted by Crippen LogP contribution is 2.35. The van der Waals surface area contributed by atoms with Gasteiger partial charge in [-0.1, -0.05) is 23.7 Å². The number of amides is 4. The first kappa shape index (κ1) is 51.6. The van der Waals surface area contributed by atoms with E-state index in [4.69, 9.17) is 40.0 Å². The van der Waals surface area contributed by atoms with Gasteiger partial charge in [-0.2, -0.15) is 0 Å². The number of benzene rings is 3. The maximum absolute atomic E-state index is 13.7. The number of thioether (sulfide) groups is 1. The van der Waals surface area contributed by atoms with Gasteiger partial charge in [0.1, 0.15) is 29.8 Å². The second-order valence-corrected chi connectivity index (χ2v) is 17.7. The van der Waals surface area contributed by atoms with E-state index in [-0.39, 0.29) is 29.2 Å². The number of anilines is 3. The molecule has 4 aromatic rings. The normalized spacial score (nSPS) is 16.7. The second-order valence-electron chi connectivity index (χ2n) is 16.2. The van der Waals surface area contributed by atoms with Crippen molar-refractivity contribution in [1.29, 1.82) is 0 Å². The van der Waals surface area contributed by atoms with E-state index in [0.29, 0.717) is 131 Å². The van der Waals surface area contributed by atoms with Gasteiger partial charge < -0.3 is 44.0 Å². The topological polar surface area (TPSA) is 195 Å². The van der Waals surface area contributed by atoms with Crippen LogP contribution in [-0.4, -0.2) is 173 Å². The summed E-state index contributed by atoms with van der Waals surface area (Å²) < 4.78 is 47.6. The number of hydrogen-bond acceptors (Lipinski definition) is 16. The molecule has 4 amide bonds. The van der Waals surface area contributed by atoms with E-state index in [1.807, 2.05) is 18.2 Å². The molecule has 18 nitrogen and oxygen atoms in total. The number of nitrogens with one attached hydrogen (secondary N) is 3. The summed E-state index contributed by atoms with van der Waals surface area (Å²) in [7, 11) is 1.52. The van der Waals surface area contributed by atoms with Gasteiger partial charge in [0, 0.05) is 91.7 Å². The fraction of sp³-hybridized carbons (Fsp3) is 0.458. The maximum atomic E-state index is 13.7. The number of methoxy groups -OCH3 is 1. The van der Waals surface area contributed by atoms with Gasteiger partial charge in [-0.3, -0.25) is 34.3 Å². The molecule has 1 unspecified atom stereocenters. The Morgan fingerprint density at radius 3 is 2.28 bits per heavy atom. The lowest BCUT2D eigenvalue weighted by Crippen LogP contribution is -2.52. The van der Waals surface area contributed by atoms with Crippen LogP contribution in [0.2, 0.25) is 5.02 Å².